The second kappa shape index (κ2) is 19.4. The van der Waals surface area contributed by atoms with Crippen molar-refractivity contribution in [3.63, 3.8) is 0 Å². The summed E-state index contributed by atoms with van der Waals surface area (Å²) in [5.41, 5.74) is 6.16. The molecule has 3 atom stereocenters. The number of carbonyl (C=O) groups is 6. The Bertz CT molecular complexity index is 2120. The number of aromatic amines is 1. The molecular weight excluding hydrogens is 729 g/mol. The van der Waals surface area contributed by atoms with Crippen LogP contribution in [0, 0.1) is 0 Å². The molecule has 0 unspecified atom stereocenters. The van der Waals surface area contributed by atoms with Crippen molar-refractivity contribution in [3.8, 4) is 11.1 Å². The van der Waals surface area contributed by atoms with Crippen LogP contribution in [0.1, 0.15) is 33.9 Å². The first-order valence-corrected chi connectivity index (χ1v) is 18.4. The minimum Gasteiger partial charge on any atom is -0.449 e. The van der Waals surface area contributed by atoms with E-state index in [-0.39, 0.29) is 31.8 Å². The molecule has 0 aliphatic heterocycles. The van der Waals surface area contributed by atoms with Gasteiger partial charge in [-0.3, -0.25) is 19.2 Å². The van der Waals surface area contributed by atoms with Crippen LogP contribution in [0.4, 0.5) is 4.79 Å². The molecule has 15 nitrogen and oxygen atoms in total. The summed E-state index contributed by atoms with van der Waals surface area (Å²) in [5.74, 6) is -2.84. The van der Waals surface area contributed by atoms with Crippen LogP contribution in [-0.2, 0) is 48.0 Å². The topological polar surface area (TPSA) is 213 Å². The highest BCUT2D eigenvalue weighted by Crippen LogP contribution is 2.44. The van der Waals surface area contributed by atoms with Crippen LogP contribution < -0.4 is 26.6 Å². The van der Waals surface area contributed by atoms with E-state index in [1.54, 1.807) is 24.3 Å². The van der Waals surface area contributed by atoms with Crippen LogP contribution in [-0.4, -0.2) is 89.2 Å². The number of carbonyl (C=O) groups excluding carboxylic acids is 6. The van der Waals surface area contributed by atoms with Gasteiger partial charge < -0.3 is 36.1 Å². The number of hydrogen-bond acceptors (Lipinski definition) is 9. The molecule has 1 aliphatic carbocycles. The van der Waals surface area contributed by atoms with Crippen molar-refractivity contribution in [2.24, 2.45) is 0 Å². The highest BCUT2D eigenvalue weighted by molar-refractivity contribution is 5.93. The first-order valence-electron chi connectivity index (χ1n) is 18.4. The normalized spacial score (nSPS) is 13.1. The SMILES string of the molecule is O=C[C@H](Cc1ccccc1)NC(=O)CNC(=O)[C@H](Cc1ccccc1)NC(=O)CNC(=O)[C@@H](Cc1cn[nH]n1)NC(=O)OCC1c2ccccc2-c2ccccc21. The van der Waals surface area contributed by atoms with E-state index in [1.807, 2.05) is 84.9 Å². The zero-order valence-corrected chi connectivity index (χ0v) is 30.9. The van der Waals surface area contributed by atoms with Gasteiger partial charge in [0.25, 0.3) is 0 Å². The molecule has 4 aromatic carbocycles. The molecule has 57 heavy (non-hydrogen) atoms. The Morgan fingerprint density at radius 3 is 1.74 bits per heavy atom. The third kappa shape index (κ3) is 11.0. The highest BCUT2D eigenvalue weighted by Gasteiger charge is 2.30. The molecule has 1 aliphatic rings. The quantitative estimate of drug-likeness (QED) is 0.0720. The summed E-state index contributed by atoms with van der Waals surface area (Å²) in [6, 6.07) is 30.8. The van der Waals surface area contributed by atoms with Crippen LogP contribution in [0.5, 0.6) is 0 Å². The Kier molecular flexibility index (Phi) is 13.5. The van der Waals surface area contributed by atoms with Gasteiger partial charge in [-0.25, -0.2) is 4.79 Å². The minimum absolute atomic E-state index is 0.0262. The van der Waals surface area contributed by atoms with Crippen molar-refractivity contribution in [2.75, 3.05) is 19.7 Å². The summed E-state index contributed by atoms with van der Waals surface area (Å²) >= 11 is 0. The molecule has 6 N–H and O–H groups in total. The fourth-order valence-electron chi connectivity index (χ4n) is 6.67. The van der Waals surface area contributed by atoms with Gasteiger partial charge in [0.1, 0.15) is 25.0 Å². The number of fused-ring (bicyclic) bond motifs is 3. The van der Waals surface area contributed by atoms with E-state index in [9.17, 15) is 28.8 Å². The van der Waals surface area contributed by atoms with Crippen LogP contribution in [0.3, 0.4) is 0 Å². The van der Waals surface area contributed by atoms with Gasteiger partial charge in [-0.05, 0) is 39.8 Å². The number of hydrogen-bond donors (Lipinski definition) is 6. The lowest BCUT2D eigenvalue weighted by Gasteiger charge is -2.21. The summed E-state index contributed by atoms with van der Waals surface area (Å²) in [6.45, 7) is -0.959. The Morgan fingerprint density at radius 1 is 0.649 bits per heavy atom. The van der Waals surface area contributed by atoms with Gasteiger partial charge in [0.2, 0.25) is 23.6 Å². The van der Waals surface area contributed by atoms with E-state index in [2.05, 4.69) is 42.0 Å². The molecule has 1 heterocycles. The van der Waals surface area contributed by atoms with Gasteiger partial charge in [0.05, 0.1) is 31.0 Å². The molecular formula is C42H42N8O7. The number of ether oxygens (including phenoxy) is 1. The van der Waals surface area contributed by atoms with Crippen molar-refractivity contribution in [3.05, 3.63) is 143 Å². The summed E-state index contributed by atoms with van der Waals surface area (Å²) in [7, 11) is 0. The number of alkyl carbamates (subject to hydrolysis) is 1. The number of amides is 5. The van der Waals surface area contributed by atoms with Gasteiger partial charge in [-0.2, -0.15) is 15.4 Å². The van der Waals surface area contributed by atoms with E-state index in [0.717, 1.165) is 33.4 Å². The third-order valence-corrected chi connectivity index (χ3v) is 9.42. The maximum atomic E-state index is 13.4. The number of aldehydes is 1. The van der Waals surface area contributed by atoms with E-state index < -0.39 is 60.9 Å². The predicted octanol–water partition coefficient (Wildman–Crippen LogP) is 2.14. The Hall–Kier alpha value is -7.16. The van der Waals surface area contributed by atoms with Crippen LogP contribution in [0.2, 0.25) is 0 Å². The smallest absolute Gasteiger partial charge is 0.407 e. The van der Waals surface area contributed by atoms with Crippen LogP contribution in [0.25, 0.3) is 11.1 Å². The maximum absolute atomic E-state index is 13.4. The fraction of sp³-hybridized carbons (Fsp3) is 0.238. The molecule has 0 bridgehead atoms. The monoisotopic (exact) mass is 770 g/mol. The van der Waals surface area contributed by atoms with Crippen LogP contribution in [0.15, 0.2) is 115 Å². The average molecular weight is 771 g/mol. The van der Waals surface area contributed by atoms with E-state index in [0.29, 0.717) is 12.0 Å². The molecule has 0 saturated carbocycles. The Labute approximate surface area is 328 Å². The lowest BCUT2D eigenvalue weighted by molar-refractivity contribution is -0.131. The van der Waals surface area contributed by atoms with Crippen molar-refractivity contribution in [1.29, 1.82) is 0 Å². The second-order valence-corrected chi connectivity index (χ2v) is 13.4. The molecule has 0 spiro atoms. The minimum atomic E-state index is -1.20. The number of aromatic nitrogens is 3. The van der Waals surface area contributed by atoms with Gasteiger partial charge in [-0.15, -0.1) is 0 Å². The zero-order chi connectivity index (χ0) is 40.0. The van der Waals surface area contributed by atoms with E-state index >= 15 is 0 Å². The molecule has 1 aromatic heterocycles. The second-order valence-electron chi connectivity index (χ2n) is 13.4. The van der Waals surface area contributed by atoms with Gasteiger partial charge >= 0.3 is 6.09 Å². The fourth-order valence-corrected chi connectivity index (χ4v) is 6.67. The predicted molar refractivity (Wildman–Crippen MR) is 208 cm³/mol. The van der Waals surface area contributed by atoms with Gasteiger partial charge in [0.15, 0.2) is 0 Å². The number of benzene rings is 4. The van der Waals surface area contributed by atoms with Crippen molar-refractivity contribution < 1.29 is 33.5 Å². The van der Waals surface area contributed by atoms with Crippen molar-refractivity contribution in [2.45, 2.75) is 43.3 Å². The standard InChI is InChI=1S/C42H42N8O7/c51-25-30(19-27-11-3-1-4-12-27)46-38(52)23-43-40(54)36(20-28-13-5-2-6-14-28)47-39(53)24-44-41(55)37(21-29-22-45-50-49-29)48-42(56)57-26-35-33-17-9-7-15-31(33)32-16-8-10-18-34(32)35/h1-18,22,25,30,35-37H,19-21,23-24,26H2,(H,43,54)(H,44,55)(H,46,52)(H,47,53)(H,48,56)(H,45,49,50)/t30-,36-,37+/m0/s1. The number of H-pyrrole nitrogens is 1. The summed E-state index contributed by atoms with van der Waals surface area (Å²) < 4.78 is 5.65. The Balaban J connectivity index is 1.03. The summed E-state index contributed by atoms with van der Waals surface area (Å²) in [4.78, 5) is 77.4. The van der Waals surface area contributed by atoms with Gasteiger partial charge in [0, 0.05) is 18.8 Å². The molecule has 0 saturated heterocycles. The average Bonchev–Trinajstić information content (AvgIpc) is 3.87. The van der Waals surface area contributed by atoms with E-state index in [4.69, 9.17) is 4.74 Å². The molecule has 292 valence electrons. The van der Waals surface area contributed by atoms with Crippen LogP contribution >= 0.6 is 0 Å². The van der Waals surface area contributed by atoms with Crippen molar-refractivity contribution >= 4 is 36.0 Å². The molecule has 15 heteroatoms. The molecule has 0 radical (unpaired) electrons. The summed E-state index contributed by atoms with van der Waals surface area (Å²) in [5, 5.41) is 23.1. The lowest BCUT2D eigenvalue weighted by atomic mass is 9.98. The Morgan fingerprint density at radius 2 is 1.18 bits per heavy atom. The number of nitrogens with zero attached hydrogens (tertiary/aromatic N) is 2. The molecule has 0 fully saturated rings. The molecule has 5 aromatic rings. The number of rotatable bonds is 18. The summed E-state index contributed by atoms with van der Waals surface area (Å²) in [6.07, 6.45) is 1.49. The molecule has 5 amide bonds. The van der Waals surface area contributed by atoms with Crippen molar-refractivity contribution in [1.82, 2.24) is 42.0 Å². The third-order valence-electron chi connectivity index (χ3n) is 9.42. The first-order chi connectivity index (χ1) is 27.8. The first kappa shape index (κ1) is 39.5. The number of nitrogens with one attached hydrogen (secondary N) is 6. The van der Waals surface area contributed by atoms with E-state index in [1.165, 1.54) is 6.20 Å². The lowest BCUT2D eigenvalue weighted by Crippen LogP contribution is -2.54. The maximum Gasteiger partial charge on any atom is 0.407 e. The molecule has 6 rings (SSSR count). The highest BCUT2D eigenvalue weighted by atomic mass is 16.5. The van der Waals surface area contributed by atoms with Gasteiger partial charge in [-0.1, -0.05) is 109 Å². The largest absolute Gasteiger partial charge is 0.449 e. The zero-order valence-electron chi connectivity index (χ0n) is 30.9.